The molecule has 144 valence electrons. The van der Waals surface area contributed by atoms with Gasteiger partial charge in [0, 0.05) is 16.5 Å². The topological polar surface area (TPSA) is 64.6 Å². The second kappa shape index (κ2) is 10.5. The van der Waals surface area contributed by atoms with Gasteiger partial charge in [0.05, 0.1) is 18.8 Å². The van der Waals surface area contributed by atoms with Crippen LogP contribution in [0.5, 0.6) is 5.75 Å². The fourth-order valence-corrected chi connectivity index (χ4v) is 3.34. The summed E-state index contributed by atoms with van der Waals surface area (Å²) in [5.74, 6) is 0.00129. The summed E-state index contributed by atoms with van der Waals surface area (Å²) in [6, 6.07) is 9.32. The van der Waals surface area contributed by atoms with E-state index in [9.17, 15) is 9.59 Å². The summed E-state index contributed by atoms with van der Waals surface area (Å²) in [5, 5.41) is 3.30. The Morgan fingerprint density at radius 2 is 1.96 bits per heavy atom. The second-order valence-corrected chi connectivity index (χ2v) is 6.88. The molecule has 0 spiro atoms. The number of amides is 1. The molecule has 2 rings (SSSR count). The van der Waals surface area contributed by atoms with E-state index in [1.165, 1.54) is 17.4 Å². The van der Waals surface area contributed by atoms with Crippen molar-refractivity contribution in [1.29, 1.82) is 0 Å². The van der Waals surface area contributed by atoms with Gasteiger partial charge in [-0.05, 0) is 38.0 Å². The summed E-state index contributed by atoms with van der Waals surface area (Å²) < 4.78 is 10.8. The van der Waals surface area contributed by atoms with Crippen LogP contribution in [-0.2, 0) is 16.0 Å². The van der Waals surface area contributed by atoms with E-state index in [4.69, 9.17) is 9.47 Å². The lowest BCUT2D eigenvalue weighted by Crippen LogP contribution is -2.11. The minimum absolute atomic E-state index is 0.290. The molecule has 0 bridgehead atoms. The van der Waals surface area contributed by atoms with Crippen molar-refractivity contribution < 1.29 is 19.1 Å². The van der Waals surface area contributed by atoms with Crippen molar-refractivity contribution in [2.24, 2.45) is 0 Å². The number of esters is 1. The van der Waals surface area contributed by atoms with Crippen LogP contribution in [0.1, 0.15) is 48.0 Å². The molecule has 0 aliphatic rings. The first-order chi connectivity index (χ1) is 13.1. The van der Waals surface area contributed by atoms with Gasteiger partial charge in [0.15, 0.2) is 0 Å². The fourth-order valence-electron chi connectivity index (χ4n) is 2.35. The molecule has 1 amide bonds. The quantitative estimate of drug-likeness (QED) is 0.489. The monoisotopic (exact) mass is 387 g/mol. The zero-order valence-electron chi connectivity index (χ0n) is 15.9. The number of anilines is 1. The first kappa shape index (κ1) is 20.7. The molecule has 1 aromatic carbocycles. The number of benzene rings is 1. The Morgan fingerprint density at radius 3 is 2.67 bits per heavy atom. The summed E-state index contributed by atoms with van der Waals surface area (Å²) >= 11 is 1.39. The van der Waals surface area contributed by atoms with E-state index in [1.54, 1.807) is 19.1 Å². The Labute approximate surface area is 164 Å². The number of carbonyl (C=O) groups is 2. The van der Waals surface area contributed by atoms with E-state index in [-0.39, 0.29) is 12.5 Å². The van der Waals surface area contributed by atoms with E-state index in [2.05, 4.69) is 5.32 Å². The van der Waals surface area contributed by atoms with Crippen molar-refractivity contribution in [3.63, 3.8) is 0 Å². The van der Waals surface area contributed by atoms with E-state index in [1.807, 2.05) is 38.1 Å². The van der Waals surface area contributed by atoms with Crippen LogP contribution in [-0.4, -0.2) is 25.1 Å². The highest BCUT2D eigenvalue weighted by atomic mass is 32.1. The average Bonchev–Trinajstić information content (AvgIpc) is 3.08. The Bertz CT molecular complexity index is 810. The molecule has 5 nitrogen and oxygen atoms in total. The minimum Gasteiger partial charge on any atom is -0.493 e. The molecule has 0 fully saturated rings. The smallest absolute Gasteiger partial charge is 0.341 e. The molecule has 0 unspecified atom stereocenters. The van der Waals surface area contributed by atoms with Gasteiger partial charge in [-0.3, -0.25) is 4.79 Å². The molecule has 2 aromatic rings. The van der Waals surface area contributed by atoms with Crippen molar-refractivity contribution in [1.82, 2.24) is 0 Å². The van der Waals surface area contributed by atoms with Gasteiger partial charge in [0.25, 0.3) is 0 Å². The zero-order chi connectivity index (χ0) is 19.6. The third-order valence-electron chi connectivity index (χ3n) is 3.66. The molecule has 0 aliphatic heterocycles. The van der Waals surface area contributed by atoms with Crippen LogP contribution in [0.2, 0.25) is 0 Å². The standard InChI is InChI=1S/C21H25NO4S/c1-4-13-26-18-10-8-7-9-15(18)11-12-19(23)22-20-17(21(24)25-6-3)14-16(5-2)27-20/h7-12,14H,4-6,13H2,1-3H3,(H,22,23)/b12-11+. The highest BCUT2D eigenvalue weighted by Gasteiger charge is 2.18. The van der Waals surface area contributed by atoms with Crippen molar-refractivity contribution in [2.75, 3.05) is 18.5 Å². The summed E-state index contributed by atoms with van der Waals surface area (Å²) in [4.78, 5) is 25.5. The van der Waals surface area contributed by atoms with Gasteiger partial charge in [-0.15, -0.1) is 11.3 Å². The highest BCUT2D eigenvalue weighted by molar-refractivity contribution is 7.16. The number of ether oxygens (including phenoxy) is 2. The minimum atomic E-state index is -0.425. The van der Waals surface area contributed by atoms with E-state index in [0.29, 0.717) is 17.2 Å². The van der Waals surface area contributed by atoms with E-state index < -0.39 is 5.97 Å². The van der Waals surface area contributed by atoms with Crippen LogP contribution in [0.3, 0.4) is 0 Å². The Morgan fingerprint density at radius 1 is 1.19 bits per heavy atom. The lowest BCUT2D eigenvalue weighted by Gasteiger charge is -2.07. The van der Waals surface area contributed by atoms with Gasteiger partial charge in [-0.25, -0.2) is 4.79 Å². The number of nitrogens with one attached hydrogen (secondary N) is 1. The summed E-state index contributed by atoms with van der Waals surface area (Å²) in [5.41, 5.74) is 1.22. The second-order valence-electron chi connectivity index (χ2n) is 5.74. The number of rotatable bonds is 9. The third kappa shape index (κ3) is 5.96. The van der Waals surface area contributed by atoms with Crippen molar-refractivity contribution in [2.45, 2.75) is 33.6 Å². The van der Waals surface area contributed by atoms with Crippen molar-refractivity contribution >= 4 is 34.3 Å². The lowest BCUT2D eigenvalue weighted by molar-refractivity contribution is -0.111. The highest BCUT2D eigenvalue weighted by Crippen LogP contribution is 2.29. The normalized spacial score (nSPS) is 10.8. The predicted octanol–water partition coefficient (Wildman–Crippen LogP) is 4.93. The molecule has 0 radical (unpaired) electrons. The van der Waals surface area contributed by atoms with Crippen molar-refractivity contribution in [3.8, 4) is 5.75 Å². The van der Waals surface area contributed by atoms with Crippen LogP contribution >= 0.6 is 11.3 Å². The number of carbonyl (C=O) groups excluding carboxylic acids is 2. The van der Waals surface area contributed by atoms with Crippen LogP contribution in [0.25, 0.3) is 6.08 Å². The molecule has 1 heterocycles. The average molecular weight is 388 g/mol. The summed E-state index contributed by atoms with van der Waals surface area (Å²) in [6.07, 6.45) is 4.84. The van der Waals surface area contributed by atoms with Crippen LogP contribution < -0.4 is 10.1 Å². The van der Waals surface area contributed by atoms with Gasteiger partial charge in [0.1, 0.15) is 10.8 Å². The van der Waals surface area contributed by atoms with Crippen LogP contribution in [0.15, 0.2) is 36.4 Å². The fraction of sp³-hybridized carbons (Fsp3) is 0.333. The Hall–Kier alpha value is -2.60. The van der Waals surface area contributed by atoms with Crippen LogP contribution in [0, 0.1) is 0 Å². The van der Waals surface area contributed by atoms with Crippen molar-refractivity contribution in [3.05, 3.63) is 52.4 Å². The van der Waals surface area contributed by atoms with Gasteiger partial charge in [-0.1, -0.05) is 32.0 Å². The summed E-state index contributed by atoms with van der Waals surface area (Å²) in [6.45, 7) is 6.70. The van der Waals surface area contributed by atoms with Gasteiger partial charge >= 0.3 is 5.97 Å². The molecular formula is C21H25NO4S. The predicted molar refractivity (Wildman–Crippen MR) is 110 cm³/mol. The Balaban J connectivity index is 2.13. The zero-order valence-corrected chi connectivity index (χ0v) is 16.7. The maximum absolute atomic E-state index is 12.4. The molecule has 1 aromatic heterocycles. The van der Waals surface area contributed by atoms with Gasteiger partial charge in [-0.2, -0.15) is 0 Å². The van der Waals surface area contributed by atoms with Gasteiger partial charge in [0.2, 0.25) is 5.91 Å². The maximum Gasteiger partial charge on any atom is 0.341 e. The van der Waals surface area contributed by atoms with Gasteiger partial charge < -0.3 is 14.8 Å². The third-order valence-corrected chi connectivity index (χ3v) is 4.85. The number of hydrogen-bond donors (Lipinski definition) is 1. The molecule has 0 saturated heterocycles. The molecular weight excluding hydrogens is 362 g/mol. The molecule has 6 heteroatoms. The number of para-hydroxylation sites is 1. The molecule has 0 atom stereocenters. The van der Waals surface area contributed by atoms with Crippen LogP contribution in [0.4, 0.5) is 5.00 Å². The number of hydrogen-bond acceptors (Lipinski definition) is 5. The molecule has 1 N–H and O–H groups in total. The molecule has 0 aliphatic carbocycles. The Kier molecular flexibility index (Phi) is 8.07. The summed E-state index contributed by atoms with van der Waals surface area (Å²) in [7, 11) is 0. The number of aryl methyl sites for hydroxylation is 1. The number of thiophene rings is 1. The molecule has 0 saturated carbocycles. The molecule has 27 heavy (non-hydrogen) atoms. The first-order valence-electron chi connectivity index (χ1n) is 9.09. The SMILES string of the molecule is CCCOc1ccccc1/C=C/C(=O)Nc1sc(CC)cc1C(=O)OCC. The van der Waals surface area contributed by atoms with E-state index >= 15 is 0 Å². The van der Waals surface area contributed by atoms with E-state index in [0.717, 1.165) is 29.0 Å². The first-order valence-corrected chi connectivity index (χ1v) is 9.91. The largest absolute Gasteiger partial charge is 0.493 e. The lowest BCUT2D eigenvalue weighted by atomic mass is 10.2. The maximum atomic E-state index is 12.4.